The molecule has 6 heteroatoms. The van der Waals surface area contributed by atoms with E-state index < -0.39 is 0 Å². The summed E-state index contributed by atoms with van der Waals surface area (Å²) in [6.45, 7) is 4.00. The first-order valence-electron chi connectivity index (χ1n) is 7.31. The van der Waals surface area contributed by atoms with Crippen LogP contribution >= 0.6 is 0 Å². The lowest BCUT2D eigenvalue weighted by Crippen LogP contribution is -2.28. The van der Waals surface area contributed by atoms with E-state index in [1.807, 2.05) is 31.2 Å². The highest BCUT2D eigenvalue weighted by atomic mass is 16.2. The van der Waals surface area contributed by atoms with Gasteiger partial charge < -0.3 is 4.90 Å². The number of nitrogens with zero attached hydrogens (tertiary/aromatic N) is 5. The van der Waals surface area contributed by atoms with Crippen molar-refractivity contribution in [3.05, 3.63) is 59.4 Å². The van der Waals surface area contributed by atoms with E-state index in [4.69, 9.17) is 0 Å². The van der Waals surface area contributed by atoms with Gasteiger partial charge in [0.25, 0.3) is 5.91 Å². The van der Waals surface area contributed by atoms with Crippen LogP contribution in [0, 0.1) is 13.8 Å². The van der Waals surface area contributed by atoms with Gasteiger partial charge in [-0.2, -0.15) is 0 Å². The summed E-state index contributed by atoms with van der Waals surface area (Å²) in [5.41, 5.74) is 3.57. The number of carbonyl (C=O) groups is 1. The smallest absolute Gasteiger partial charge is 0.272 e. The summed E-state index contributed by atoms with van der Waals surface area (Å²) < 4.78 is 0. The van der Waals surface area contributed by atoms with E-state index in [-0.39, 0.29) is 5.91 Å². The molecular formula is C17H17N5O. The van der Waals surface area contributed by atoms with Gasteiger partial charge in [-0.3, -0.25) is 9.78 Å². The lowest BCUT2D eigenvalue weighted by molar-refractivity contribution is 0.0777. The largest absolute Gasteiger partial charge is 0.334 e. The zero-order chi connectivity index (χ0) is 16.4. The third-order valence-electron chi connectivity index (χ3n) is 3.43. The van der Waals surface area contributed by atoms with Gasteiger partial charge in [0.15, 0.2) is 0 Å². The van der Waals surface area contributed by atoms with Crippen molar-refractivity contribution < 1.29 is 4.79 Å². The first-order chi connectivity index (χ1) is 11.0. The van der Waals surface area contributed by atoms with Crippen LogP contribution in [-0.2, 0) is 6.54 Å². The average molecular weight is 307 g/mol. The summed E-state index contributed by atoms with van der Waals surface area (Å²) in [7, 11) is 1.73. The summed E-state index contributed by atoms with van der Waals surface area (Å²) in [6.07, 6.45) is 1.70. The van der Waals surface area contributed by atoms with Crippen LogP contribution in [0.15, 0.2) is 36.5 Å². The van der Waals surface area contributed by atoms with Crippen LogP contribution in [0.4, 0.5) is 0 Å². The van der Waals surface area contributed by atoms with Gasteiger partial charge >= 0.3 is 0 Å². The highest BCUT2D eigenvalue weighted by molar-refractivity contribution is 5.92. The number of fused-ring (bicyclic) bond motifs is 1. The topological polar surface area (TPSA) is 71.9 Å². The van der Waals surface area contributed by atoms with Crippen LogP contribution < -0.4 is 0 Å². The van der Waals surface area contributed by atoms with E-state index in [9.17, 15) is 4.79 Å². The molecule has 2 heterocycles. The molecule has 0 N–H and O–H groups in total. The molecule has 116 valence electrons. The molecule has 0 saturated heterocycles. The molecular weight excluding hydrogens is 290 g/mol. The zero-order valence-electron chi connectivity index (χ0n) is 13.3. The van der Waals surface area contributed by atoms with Gasteiger partial charge in [0, 0.05) is 12.7 Å². The summed E-state index contributed by atoms with van der Waals surface area (Å²) in [5.74, 6) is 0.431. The molecule has 0 atom stereocenters. The van der Waals surface area contributed by atoms with Crippen LogP contribution in [0.3, 0.4) is 0 Å². The minimum Gasteiger partial charge on any atom is -0.334 e. The Bertz CT molecular complexity index is 857. The maximum absolute atomic E-state index is 12.5. The van der Waals surface area contributed by atoms with Crippen molar-refractivity contribution in [1.29, 1.82) is 0 Å². The van der Waals surface area contributed by atoms with Gasteiger partial charge in [-0.05, 0) is 32.0 Å². The monoisotopic (exact) mass is 307 g/mol. The van der Waals surface area contributed by atoms with E-state index in [1.54, 1.807) is 31.1 Å². The van der Waals surface area contributed by atoms with Gasteiger partial charge in [0.05, 0.1) is 29.5 Å². The Balaban J connectivity index is 1.81. The van der Waals surface area contributed by atoms with E-state index in [2.05, 4.69) is 19.9 Å². The molecule has 0 aliphatic heterocycles. The number of carbonyl (C=O) groups excluding carboxylic acids is 1. The minimum absolute atomic E-state index is 0.159. The number of rotatable bonds is 3. The van der Waals surface area contributed by atoms with E-state index in [0.29, 0.717) is 18.1 Å². The molecule has 23 heavy (non-hydrogen) atoms. The van der Waals surface area contributed by atoms with Crippen LogP contribution in [0.5, 0.6) is 0 Å². The standard InChI is InChI=1S/C17H17N5O/c1-11-8-16(20-12(2)19-11)17(23)22(3)10-13-9-18-14-6-4-5-7-15(14)21-13/h4-9H,10H2,1-3H3. The number of para-hydroxylation sites is 2. The Morgan fingerprint density at radius 3 is 2.57 bits per heavy atom. The minimum atomic E-state index is -0.159. The van der Waals surface area contributed by atoms with Crippen molar-refractivity contribution in [2.24, 2.45) is 0 Å². The molecule has 0 aliphatic rings. The second kappa shape index (κ2) is 6.08. The molecule has 0 unspecified atom stereocenters. The number of aryl methyl sites for hydroxylation is 2. The number of amides is 1. The molecule has 3 aromatic rings. The van der Waals surface area contributed by atoms with Crippen LogP contribution in [0.1, 0.15) is 27.7 Å². The number of benzene rings is 1. The number of aromatic nitrogens is 4. The van der Waals surface area contributed by atoms with E-state index in [1.165, 1.54) is 0 Å². The molecule has 0 aliphatic carbocycles. The molecule has 0 spiro atoms. The Labute approximate surface area is 134 Å². The highest BCUT2D eigenvalue weighted by Gasteiger charge is 2.15. The first-order valence-corrected chi connectivity index (χ1v) is 7.31. The molecule has 1 aromatic carbocycles. The predicted molar refractivity (Wildman–Crippen MR) is 86.8 cm³/mol. The molecule has 0 fully saturated rings. The molecule has 3 rings (SSSR count). The Hall–Kier alpha value is -2.89. The van der Waals surface area contributed by atoms with Crippen LogP contribution in [-0.4, -0.2) is 37.8 Å². The SMILES string of the molecule is Cc1cc(C(=O)N(C)Cc2cnc3ccccc3n2)nc(C)n1. The van der Waals surface area contributed by atoms with E-state index in [0.717, 1.165) is 22.4 Å². The Kier molecular flexibility index (Phi) is 3.97. The van der Waals surface area contributed by atoms with Gasteiger partial charge in [0.1, 0.15) is 11.5 Å². The van der Waals surface area contributed by atoms with Crippen molar-refractivity contribution in [3.63, 3.8) is 0 Å². The second-order valence-corrected chi connectivity index (χ2v) is 5.45. The second-order valence-electron chi connectivity index (χ2n) is 5.45. The molecule has 2 aromatic heterocycles. The molecule has 6 nitrogen and oxygen atoms in total. The summed E-state index contributed by atoms with van der Waals surface area (Å²) in [5, 5.41) is 0. The molecule has 0 radical (unpaired) electrons. The van der Waals surface area contributed by atoms with Crippen molar-refractivity contribution in [2.45, 2.75) is 20.4 Å². The maximum atomic E-state index is 12.5. The van der Waals surface area contributed by atoms with Gasteiger partial charge in [-0.1, -0.05) is 12.1 Å². The summed E-state index contributed by atoms with van der Waals surface area (Å²) in [6, 6.07) is 9.35. The highest BCUT2D eigenvalue weighted by Crippen LogP contribution is 2.11. The lowest BCUT2D eigenvalue weighted by Gasteiger charge is -2.16. The number of hydrogen-bond acceptors (Lipinski definition) is 5. The van der Waals surface area contributed by atoms with Crippen molar-refractivity contribution >= 4 is 16.9 Å². The van der Waals surface area contributed by atoms with Crippen molar-refractivity contribution in [2.75, 3.05) is 7.05 Å². The zero-order valence-corrected chi connectivity index (χ0v) is 13.3. The fourth-order valence-corrected chi connectivity index (χ4v) is 2.41. The fourth-order valence-electron chi connectivity index (χ4n) is 2.41. The van der Waals surface area contributed by atoms with Crippen molar-refractivity contribution in [1.82, 2.24) is 24.8 Å². The van der Waals surface area contributed by atoms with Gasteiger partial charge in [-0.15, -0.1) is 0 Å². The molecule has 0 saturated carbocycles. The normalized spacial score (nSPS) is 10.7. The predicted octanol–water partition coefficient (Wildman–Crippen LogP) is 2.31. The quantitative estimate of drug-likeness (QED) is 0.742. The van der Waals surface area contributed by atoms with Gasteiger partial charge in [0.2, 0.25) is 0 Å². The van der Waals surface area contributed by atoms with E-state index >= 15 is 0 Å². The molecule has 1 amide bonds. The lowest BCUT2D eigenvalue weighted by atomic mass is 10.2. The first kappa shape index (κ1) is 15.0. The fraction of sp³-hybridized carbons (Fsp3) is 0.235. The number of hydrogen-bond donors (Lipinski definition) is 0. The van der Waals surface area contributed by atoms with Gasteiger partial charge in [-0.25, -0.2) is 15.0 Å². The van der Waals surface area contributed by atoms with Crippen LogP contribution in [0.2, 0.25) is 0 Å². The third-order valence-corrected chi connectivity index (χ3v) is 3.43. The Morgan fingerprint density at radius 1 is 1.09 bits per heavy atom. The summed E-state index contributed by atoms with van der Waals surface area (Å²) >= 11 is 0. The van der Waals surface area contributed by atoms with Crippen LogP contribution in [0.25, 0.3) is 11.0 Å². The van der Waals surface area contributed by atoms with Crippen molar-refractivity contribution in [3.8, 4) is 0 Å². The molecule has 0 bridgehead atoms. The third kappa shape index (κ3) is 3.31. The Morgan fingerprint density at radius 2 is 1.83 bits per heavy atom. The summed E-state index contributed by atoms with van der Waals surface area (Å²) in [4.78, 5) is 31.4. The maximum Gasteiger partial charge on any atom is 0.272 e. The average Bonchev–Trinajstić information content (AvgIpc) is 2.53.